The first-order valence-electron chi connectivity index (χ1n) is 9.09. The highest BCUT2D eigenvalue weighted by Crippen LogP contribution is 2.32. The molecule has 0 saturated carbocycles. The molecule has 0 aliphatic rings. The molecule has 0 amide bonds. The molecule has 0 spiro atoms. The molecule has 6 nitrogen and oxygen atoms in total. The standard InChI is InChI=1S/C21H14F3N5O/c22-21(23,24)20-27-26-18-11-10-17(28-29(18)20)25-19(13-6-2-1-3-7-13)16-12-14-8-4-5-9-15(14)30-16/h1-12,19H,(H,25,28)/t19-/m1/s1. The summed E-state index contributed by atoms with van der Waals surface area (Å²) >= 11 is 0. The van der Waals surface area contributed by atoms with Crippen LogP contribution in [0.4, 0.5) is 19.0 Å². The van der Waals surface area contributed by atoms with Gasteiger partial charge in [-0.05, 0) is 29.8 Å². The Morgan fingerprint density at radius 1 is 0.900 bits per heavy atom. The Hall–Kier alpha value is -3.88. The largest absolute Gasteiger partial charge is 0.459 e. The third-order valence-electron chi connectivity index (χ3n) is 4.67. The Bertz CT molecular complexity index is 1290. The number of para-hydroxylation sites is 1. The van der Waals surface area contributed by atoms with E-state index in [0.717, 1.165) is 16.5 Å². The van der Waals surface area contributed by atoms with Crippen molar-refractivity contribution in [3.8, 4) is 0 Å². The zero-order valence-electron chi connectivity index (χ0n) is 15.3. The zero-order chi connectivity index (χ0) is 20.7. The molecule has 1 atom stereocenters. The first-order valence-corrected chi connectivity index (χ1v) is 9.09. The molecule has 0 radical (unpaired) electrons. The first kappa shape index (κ1) is 18.2. The quantitative estimate of drug-likeness (QED) is 0.448. The molecule has 0 unspecified atom stereocenters. The fourth-order valence-corrected chi connectivity index (χ4v) is 3.30. The van der Waals surface area contributed by atoms with Gasteiger partial charge in [-0.25, -0.2) is 0 Å². The van der Waals surface area contributed by atoms with Gasteiger partial charge in [0, 0.05) is 5.39 Å². The average molecular weight is 409 g/mol. The second kappa shape index (κ2) is 6.87. The van der Waals surface area contributed by atoms with Crippen LogP contribution in [0.2, 0.25) is 0 Å². The van der Waals surface area contributed by atoms with Crippen LogP contribution in [0, 0.1) is 0 Å². The molecule has 3 heterocycles. The van der Waals surface area contributed by atoms with Crippen LogP contribution in [0.25, 0.3) is 16.6 Å². The van der Waals surface area contributed by atoms with Gasteiger partial charge in [0.15, 0.2) is 5.65 Å². The lowest BCUT2D eigenvalue weighted by molar-refractivity contribution is -0.146. The van der Waals surface area contributed by atoms with Crippen molar-refractivity contribution in [3.63, 3.8) is 0 Å². The van der Waals surface area contributed by atoms with E-state index in [2.05, 4.69) is 20.6 Å². The summed E-state index contributed by atoms with van der Waals surface area (Å²) in [6.07, 6.45) is -4.66. The van der Waals surface area contributed by atoms with Gasteiger partial charge >= 0.3 is 6.18 Å². The van der Waals surface area contributed by atoms with Crippen LogP contribution in [0.5, 0.6) is 0 Å². The van der Waals surface area contributed by atoms with E-state index >= 15 is 0 Å². The lowest BCUT2D eigenvalue weighted by Crippen LogP contribution is -2.16. The Kier molecular flexibility index (Phi) is 4.16. The molecule has 0 aliphatic heterocycles. The lowest BCUT2D eigenvalue weighted by atomic mass is 10.0. The van der Waals surface area contributed by atoms with Crippen molar-refractivity contribution < 1.29 is 17.6 Å². The molecule has 0 saturated heterocycles. The topological polar surface area (TPSA) is 68.2 Å². The van der Waals surface area contributed by atoms with E-state index in [-0.39, 0.29) is 11.5 Å². The number of rotatable bonds is 4. The van der Waals surface area contributed by atoms with Crippen LogP contribution >= 0.6 is 0 Å². The number of anilines is 1. The number of hydrogen-bond acceptors (Lipinski definition) is 5. The summed E-state index contributed by atoms with van der Waals surface area (Å²) in [5.41, 5.74) is 1.60. The molecule has 0 aliphatic carbocycles. The SMILES string of the molecule is FC(F)(F)c1nnc2ccc(N[C@H](c3ccccc3)c3cc4ccccc4o3)nn12. The Labute approximate surface area is 168 Å². The molecule has 0 bridgehead atoms. The number of hydrogen-bond donors (Lipinski definition) is 1. The monoisotopic (exact) mass is 409 g/mol. The number of benzene rings is 2. The number of nitrogens with zero attached hydrogens (tertiary/aromatic N) is 4. The summed E-state index contributed by atoms with van der Waals surface area (Å²) in [5.74, 6) is -0.340. The van der Waals surface area contributed by atoms with Gasteiger partial charge < -0.3 is 9.73 Å². The van der Waals surface area contributed by atoms with Crippen LogP contribution in [-0.2, 0) is 6.18 Å². The number of fused-ring (bicyclic) bond motifs is 2. The van der Waals surface area contributed by atoms with E-state index in [1.54, 1.807) is 6.07 Å². The van der Waals surface area contributed by atoms with Crippen molar-refractivity contribution in [1.29, 1.82) is 0 Å². The van der Waals surface area contributed by atoms with Crippen molar-refractivity contribution in [2.75, 3.05) is 5.32 Å². The molecular weight excluding hydrogens is 395 g/mol. The first-order chi connectivity index (χ1) is 14.5. The Morgan fingerprint density at radius 2 is 1.67 bits per heavy atom. The van der Waals surface area contributed by atoms with Crippen LogP contribution in [0.3, 0.4) is 0 Å². The highest BCUT2D eigenvalue weighted by molar-refractivity contribution is 5.78. The van der Waals surface area contributed by atoms with Crippen LogP contribution in [-0.4, -0.2) is 19.8 Å². The van der Waals surface area contributed by atoms with Crippen LogP contribution in [0.15, 0.2) is 77.2 Å². The minimum atomic E-state index is -4.66. The predicted molar refractivity (Wildman–Crippen MR) is 104 cm³/mol. The zero-order valence-corrected chi connectivity index (χ0v) is 15.3. The third kappa shape index (κ3) is 3.24. The number of furan rings is 1. The molecule has 9 heteroatoms. The average Bonchev–Trinajstić information content (AvgIpc) is 3.36. The summed E-state index contributed by atoms with van der Waals surface area (Å²) < 4.78 is 46.3. The van der Waals surface area contributed by atoms with Crippen molar-refractivity contribution in [3.05, 3.63) is 89.9 Å². The van der Waals surface area contributed by atoms with Gasteiger partial charge in [0.25, 0.3) is 5.82 Å². The molecular formula is C21H14F3N5O. The second-order valence-electron chi connectivity index (χ2n) is 6.68. The maximum Gasteiger partial charge on any atom is 0.453 e. The highest BCUT2D eigenvalue weighted by atomic mass is 19.4. The van der Waals surface area contributed by atoms with Gasteiger partial charge in [-0.3, -0.25) is 0 Å². The minimum absolute atomic E-state index is 0.00729. The van der Waals surface area contributed by atoms with Crippen molar-refractivity contribution in [2.24, 2.45) is 0 Å². The third-order valence-corrected chi connectivity index (χ3v) is 4.67. The van der Waals surface area contributed by atoms with Crippen molar-refractivity contribution in [1.82, 2.24) is 19.8 Å². The normalized spacial score (nSPS) is 13.0. The van der Waals surface area contributed by atoms with E-state index in [1.807, 2.05) is 60.7 Å². The number of alkyl halides is 3. The smallest absolute Gasteiger partial charge is 0.453 e. The van der Waals surface area contributed by atoms with Gasteiger partial charge in [-0.15, -0.1) is 15.3 Å². The van der Waals surface area contributed by atoms with Gasteiger partial charge in [0.1, 0.15) is 23.2 Å². The maximum absolute atomic E-state index is 13.2. The van der Waals surface area contributed by atoms with Crippen LogP contribution < -0.4 is 5.32 Å². The molecule has 0 fully saturated rings. The van der Waals surface area contributed by atoms with Crippen molar-refractivity contribution in [2.45, 2.75) is 12.2 Å². The summed E-state index contributed by atoms with van der Waals surface area (Å²) in [6, 6.07) is 21.5. The van der Waals surface area contributed by atoms with E-state index in [4.69, 9.17) is 4.42 Å². The molecule has 2 aromatic carbocycles. The number of nitrogens with one attached hydrogen (secondary N) is 1. The van der Waals surface area contributed by atoms with E-state index in [9.17, 15) is 13.2 Å². The highest BCUT2D eigenvalue weighted by Gasteiger charge is 2.37. The fraction of sp³-hybridized carbons (Fsp3) is 0.0952. The minimum Gasteiger partial charge on any atom is -0.459 e. The molecule has 5 rings (SSSR count). The number of halogens is 3. The van der Waals surface area contributed by atoms with E-state index in [0.29, 0.717) is 10.3 Å². The van der Waals surface area contributed by atoms with E-state index in [1.165, 1.54) is 6.07 Å². The molecule has 1 N–H and O–H groups in total. The van der Waals surface area contributed by atoms with Gasteiger partial charge in [0.05, 0.1) is 0 Å². The molecule has 150 valence electrons. The Balaban J connectivity index is 1.59. The molecule has 3 aromatic heterocycles. The summed E-state index contributed by atoms with van der Waals surface area (Å²) in [6.45, 7) is 0. The van der Waals surface area contributed by atoms with Gasteiger partial charge in [0.2, 0.25) is 0 Å². The van der Waals surface area contributed by atoms with Crippen LogP contribution in [0.1, 0.15) is 23.2 Å². The summed E-state index contributed by atoms with van der Waals surface area (Å²) in [7, 11) is 0. The molecule has 5 aromatic rings. The summed E-state index contributed by atoms with van der Waals surface area (Å²) in [5, 5.41) is 14.9. The summed E-state index contributed by atoms with van der Waals surface area (Å²) in [4.78, 5) is 0. The van der Waals surface area contributed by atoms with Gasteiger partial charge in [-0.1, -0.05) is 48.5 Å². The number of aromatic nitrogens is 4. The van der Waals surface area contributed by atoms with Gasteiger partial charge in [-0.2, -0.15) is 17.7 Å². The molecule has 30 heavy (non-hydrogen) atoms. The van der Waals surface area contributed by atoms with E-state index < -0.39 is 18.0 Å². The Morgan fingerprint density at radius 3 is 2.43 bits per heavy atom. The second-order valence-corrected chi connectivity index (χ2v) is 6.68. The maximum atomic E-state index is 13.2. The lowest BCUT2D eigenvalue weighted by Gasteiger charge is -2.18. The predicted octanol–water partition coefficient (Wildman–Crippen LogP) is 5.09. The van der Waals surface area contributed by atoms with Crippen molar-refractivity contribution >= 4 is 22.4 Å². The fourth-order valence-electron chi connectivity index (χ4n) is 3.30.